The number of allylic oxidation sites excluding steroid dienone is 1. The lowest BCUT2D eigenvalue weighted by Crippen LogP contribution is -2.47. The number of anilines is 1. The molecule has 4 aromatic carbocycles. The number of nitrogens with zero attached hydrogens (tertiary/aromatic N) is 2. The van der Waals surface area contributed by atoms with Crippen molar-refractivity contribution in [3.63, 3.8) is 0 Å². The summed E-state index contributed by atoms with van der Waals surface area (Å²) >= 11 is 0. The van der Waals surface area contributed by atoms with E-state index < -0.39 is 17.3 Å². The molecule has 58 heavy (non-hydrogen) atoms. The van der Waals surface area contributed by atoms with Gasteiger partial charge in [-0.15, -0.1) is 6.58 Å². The molecule has 6 rings (SSSR count). The number of amides is 2. The number of piperidine rings is 1. The van der Waals surface area contributed by atoms with Crippen LogP contribution in [0.3, 0.4) is 0 Å². The van der Waals surface area contributed by atoms with Crippen LogP contribution >= 0.6 is 0 Å². The van der Waals surface area contributed by atoms with Crippen LogP contribution in [0, 0.1) is 10.8 Å². The minimum Gasteiger partial charge on any atom is -0.481 e. The first-order chi connectivity index (χ1) is 28.0. The molecule has 2 amide bonds. The molecule has 0 aliphatic carbocycles. The number of hydrogen-bond donors (Lipinski definition) is 3. The van der Waals surface area contributed by atoms with E-state index in [0.29, 0.717) is 41.6 Å². The quantitative estimate of drug-likeness (QED) is 0.0444. The molecule has 1 aliphatic rings. The first-order valence-corrected chi connectivity index (χ1v) is 18.8. The molecule has 0 saturated carbocycles. The molecule has 296 valence electrons. The Labute approximate surface area is 337 Å². The van der Waals surface area contributed by atoms with Crippen molar-refractivity contribution >= 4 is 35.3 Å². The van der Waals surface area contributed by atoms with Gasteiger partial charge < -0.3 is 30.2 Å². The fourth-order valence-corrected chi connectivity index (χ4v) is 6.98. The second-order valence-electron chi connectivity index (χ2n) is 14.3. The van der Waals surface area contributed by atoms with Gasteiger partial charge in [0.25, 0.3) is 11.8 Å². The fraction of sp³-hybridized carbons (Fsp3) is 0.217. The third-order valence-electron chi connectivity index (χ3n) is 10.0. The highest BCUT2D eigenvalue weighted by Crippen LogP contribution is 2.40. The average molecular weight is 780 g/mol. The van der Waals surface area contributed by atoms with Crippen molar-refractivity contribution in [2.75, 3.05) is 25.5 Å². The number of esters is 2. The van der Waals surface area contributed by atoms with Crippen LogP contribution in [0.2, 0.25) is 0 Å². The van der Waals surface area contributed by atoms with Crippen LogP contribution in [0.4, 0.5) is 5.69 Å². The number of carbonyl (C=O) groups is 4. The number of nitrogen functional groups attached to an aromatic ring is 1. The molecule has 5 aromatic rings. The predicted octanol–water partition coefficient (Wildman–Crippen LogP) is 7.58. The second kappa shape index (κ2) is 18.2. The molecule has 12 nitrogen and oxygen atoms in total. The molecule has 1 saturated heterocycles. The van der Waals surface area contributed by atoms with E-state index in [1.165, 1.54) is 13.2 Å². The lowest BCUT2D eigenvalue weighted by Gasteiger charge is -2.40. The molecular formula is C46H45N5O7. The molecule has 0 spiro atoms. The number of pyridine rings is 1. The Kier molecular flexibility index (Phi) is 12.8. The number of amidine groups is 1. The molecule has 12 heteroatoms. The topological polar surface area (TPSA) is 174 Å². The van der Waals surface area contributed by atoms with Gasteiger partial charge in [0.1, 0.15) is 24.7 Å². The number of nitrogens with two attached hydrogens (primary N) is 1. The molecule has 2 heterocycles. The first-order valence-electron chi connectivity index (χ1n) is 18.8. The van der Waals surface area contributed by atoms with E-state index in [1.807, 2.05) is 67.6 Å². The Bertz CT molecular complexity index is 2320. The predicted molar refractivity (Wildman–Crippen MR) is 220 cm³/mol. The Morgan fingerprint density at radius 3 is 1.98 bits per heavy atom. The minimum atomic E-state index is -0.832. The van der Waals surface area contributed by atoms with Crippen molar-refractivity contribution in [2.45, 2.75) is 39.4 Å². The van der Waals surface area contributed by atoms with Crippen LogP contribution in [0.1, 0.15) is 74.1 Å². The van der Waals surface area contributed by atoms with Gasteiger partial charge >= 0.3 is 11.9 Å². The molecule has 1 aliphatic heterocycles. The van der Waals surface area contributed by atoms with Crippen LogP contribution in [-0.4, -0.2) is 59.7 Å². The molecule has 0 radical (unpaired) electrons. The van der Waals surface area contributed by atoms with Gasteiger partial charge in [-0.3, -0.25) is 19.8 Å². The summed E-state index contributed by atoms with van der Waals surface area (Å²) in [4.78, 5) is 61.7. The van der Waals surface area contributed by atoms with Gasteiger partial charge in [-0.1, -0.05) is 72.3 Å². The summed E-state index contributed by atoms with van der Waals surface area (Å²) < 4.78 is 16.9. The van der Waals surface area contributed by atoms with Gasteiger partial charge in [-0.2, -0.15) is 0 Å². The summed E-state index contributed by atoms with van der Waals surface area (Å²) in [7, 11) is 1.42. The van der Waals surface area contributed by atoms with E-state index in [0.717, 1.165) is 16.7 Å². The number of hydrogen-bond acceptors (Lipinski definition) is 9. The molecule has 0 bridgehead atoms. The molecule has 1 aromatic heterocycles. The highest BCUT2D eigenvalue weighted by atomic mass is 16.5. The number of ether oxygens (including phenoxy) is 3. The summed E-state index contributed by atoms with van der Waals surface area (Å²) in [5.74, 6) is -1.90. The average Bonchev–Trinajstić information content (AvgIpc) is 3.25. The van der Waals surface area contributed by atoms with Gasteiger partial charge in [-0.05, 0) is 85.3 Å². The molecule has 0 atom stereocenters. The van der Waals surface area contributed by atoms with E-state index in [-0.39, 0.29) is 66.7 Å². The van der Waals surface area contributed by atoms with E-state index in [4.69, 9.17) is 25.4 Å². The number of benzene rings is 4. The van der Waals surface area contributed by atoms with E-state index in [2.05, 4.69) is 16.9 Å². The standard InChI is InChI=1S/C46H45N5O7/c1-30(2)27-46(45(55)58-29-32-12-8-5-9-13-32)22-24-51(25-23-46)43(53)34-16-19-36(38(26-34)44(54)57-28-31-10-6-4-7-11-31)37-20-21-39(56-3)50-40(37)42(52)49-35-17-14-33(15-18-35)41(47)48/h4-21,26H,1,22-25,27-29H2,2-3H3,(H3,47,48)(H,49,52). The minimum absolute atomic E-state index is 0.0287. The normalized spacial score (nSPS) is 13.2. The summed E-state index contributed by atoms with van der Waals surface area (Å²) in [5, 5.41) is 10.5. The van der Waals surface area contributed by atoms with Gasteiger partial charge in [0.2, 0.25) is 5.88 Å². The monoisotopic (exact) mass is 779 g/mol. The Morgan fingerprint density at radius 1 is 0.810 bits per heavy atom. The maximum atomic E-state index is 14.2. The van der Waals surface area contributed by atoms with Gasteiger partial charge in [0.15, 0.2) is 0 Å². The molecular weight excluding hydrogens is 735 g/mol. The zero-order chi connectivity index (χ0) is 41.2. The first kappa shape index (κ1) is 40.6. The third kappa shape index (κ3) is 9.65. The van der Waals surface area contributed by atoms with Crippen molar-refractivity contribution in [1.29, 1.82) is 5.41 Å². The van der Waals surface area contributed by atoms with Gasteiger partial charge in [0.05, 0.1) is 18.1 Å². The smallest absolute Gasteiger partial charge is 0.339 e. The number of nitrogens with one attached hydrogen (secondary N) is 2. The van der Waals surface area contributed by atoms with Crippen molar-refractivity contribution in [3.8, 4) is 17.0 Å². The summed E-state index contributed by atoms with van der Waals surface area (Å²) in [6.07, 6.45) is 1.18. The number of likely N-dealkylation sites (tertiary alicyclic amines) is 1. The summed E-state index contributed by atoms with van der Waals surface area (Å²) in [6, 6.07) is 33.0. The van der Waals surface area contributed by atoms with E-state index in [1.54, 1.807) is 53.4 Å². The maximum Gasteiger partial charge on any atom is 0.339 e. The second-order valence-corrected chi connectivity index (χ2v) is 14.3. The van der Waals surface area contributed by atoms with Gasteiger partial charge in [0, 0.05) is 41.5 Å². The fourth-order valence-electron chi connectivity index (χ4n) is 6.98. The zero-order valence-corrected chi connectivity index (χ0v) is 32.5. The van der Waals surface area contributed by atoms with Crippen LogP contribution in [-0.2, 0) is 27.5 Å². The van der Waals surface area contributed by atoms with Crippen molar-refractivity contribution in [2.24, 2.45) is 11.1 Å². The van der Waals surface area contributed by atoms with Crippen LogP contribution in [0.15, 0.2) is 127 Å². The molecule has 1 fully saturated rings. The van der Waals surface area contributed by atoms with Crippen molar-refractivity contribution in [3.05, 3.63) is 161 Å². The number of rotatable bonds is 14. The Morgan fingerprint density at radius 2 is 1.40 bits per heavy atom. The van der Waals surface area contributed by atoms with E-state index in [9.17, 15) is 19.2 Å². The van der Waals surface area contributed by atoms with Gasteiger partial charge in [-0.25, -0.2) is 9.78 Å². The number of aromatic nitrogens is 1. The molecule has 0 unspecified atom stereocenters. The van der Waals surface area contributed by atoms with Crippen LogP contribution < -0.4 is 15.8 Å². The third-order valence-corrected chi connectivity index (χ3v) is 10.0. The van der Waals surface area contributed by atoms with Crippen LogP contribution in [0.5, 0.6) is 5.88 Å². The maximum absolute atomic E-state index is 14.2. The van der Waals surface area contributed by atoms with E-state index >= 15 is 0 Å². The lowest BCUT2D eigenvalue weighted by molar-refractivity contribution is -0.160. The van der Waals surface area contributed by atoms with Crippen molar-refractivity contribution in [1.82, 2.24) is 9.88 Å². The van der Waals surface area contributed by atoms with Crippen LogP contribution in [0.25, 0.3) is 11.1 Å². The number of methoxy groups -OCH3 is 1. The SMILES string of the molecule is C=C(C)CC1(C(=O)OCc2ccccc2)CCN(C(=O)c2ccc(-c3ccc(OC)nc3C(=O)Nc3ccc(C(=N)N)cc3)c(C(=O)OCc3ccccc3)c2)CC1. The lowest BCUT2D eigenvalue weighted by atomic mass is 9.74. The Hall–Kier alpha value is -7.08. The Balaban J connectivity index is 1.29. The van der Waals surface area contributed by atoms with Crippen molar-refractivity contribution < 1.29 is 33.4 Å². The number of carbonyl (C=O) groups excluding carboxylic acids is 4. The highest BCUT2D eigenvalue weighted by molar-refractivity contribution is 6.10. The summed E-state index contributed by atoms with van der Waals surface area (Å²) in [5.41, 5.74) is 9.00. The zero-order valence-electron chi connectivity index (χ0n) is 32.5. The summed E-state index contributed by atoms with van der Waals surface area (Å²) in [6.45, 7) is 6.63. The highest BCUT2D eigenvalue weighted by Gasteiger charge is 2.43. The largest absolute Gasteiger partial charge is 0.481 e. The molecule has 4 N–H and O–H groups in total.